The first-order valence-electron chi connectivity index (χ1n) is 14.0. The molecule has 1 fully saturated rings. The minimum atomic E-state index is -1.13. The van der Waals surface area contributed by atoms with Gasteiger partial charge in [0.15, 0.2) is 5.96 Å². The molecule has 2 aromatic rings. The number of aromatic amines is 1. The number of nitrogens with one attached hydrogen (secondary N) is 3. The number of nitrogens with two attached hydrogens (primary N) is 3. The van der Waals surface area contributed by atoms with Gasteiger partial charge >= 0.3 is 5.97 Å². The van der Waals surface area contributed by atoms with E-state index in [4.69, 9.17) is 17.2 Å². The molecule has 5 atom stereocenters. The van der Waals surface area contributed by atoms with E-state index in [-0.39, 0.29) is 31.3 Å². The predicted octanol–water partition coefficient (Wildman–Crippen LogP) is 0.183. The number of benzene rings is 1. The Morgan fingerprint density at radius 1 is 1.20 bits per heavy atom. The van der Waals surface area contributed by atoms with Crippen molar-refractivity contribution >= 4 is 40.6 Å². The Morgan fingerprint density at radius 2 is 1.93 bits per heavy atom. The Bertz CT molecular complexity index is 1260. The Morgan fingerprint density at radius 3 is 2.61 bits per heavy atom. The fraction of sp³-hybridized carbons (Fsp3) is 0.536. The molecule has 10 N–H and O–H groups in total. The average Bonchev–Trinajstić information content (AvgIpc) is 3.60. The number of carbonyl (C=O) groups excluding carboxylic acids is 3. The van der Waals surface area contributed by atoms with E-state index in [1.807, 2.05) is 37.4 Å². The lowest BCUT2D eigenvalue weighted by atomic mass is 9.98. The van der Waals surface area contributed by atoms with Crippen molar-refractivity contribution in [1.29, 1.82) is 0 Å². The molecule has 3 amide bonds. The summed E-state index contributed by atoms with van der Waals surface area (Å²) in [7, 11) is 0. The van der Waals surface area contributed by atoms with Gasteiger partial charge in [-0.2, -0.15) is 0 Å². The third-order valence-electron chi connectivity index (χ3n) is 7.63. The number of hydrogen-bond acceptors (Lipinski definition) is 6. The normalized spacial score (nSPS) is 17.8. The van der Waals surface area contributed by atoms with Crippen LogP contribution in [-0.2, 0) is 25.6 Å². The largest absolute Gasteiger partial charge is 0.480 e. The summed E-state index contributed by atoms with van der Waals surface area (Å²) in [6, 6.07) is 3.88. The highest BCUT2D eigenvalue weighted by atomic mass is 16.4. The molecule has 5 unspecified atom stereocenters. The van der Waals surface area contributed by atoms with Crippen LogP contribution in [0, 0.1) is 5.92 Å². The number of carboxylic acid groups (broad SMARTS) is 1. The third kappa shape index (κ3) is 8.19. The second-order valence-corrected chi connectivity index (χ2v) is 10.6. The van der Waals surface area contributed by atoms with Gasteiger partial charge in [-0.1, -0.05) is 38.5 Å². The molecule has 0 saturated carbocycles. The number of H-pyrrole nitrogens is 1. The van der Waals surface area contributed by atoms with Crippen LogP contribution in [0.4, 0.5) is 0 Å². The zero-order valence-corrected chi connectivity index (χ0v) is 23.6. The lowest BCUT2D eigenvalue weighted by molar-refractivity contribution is -0.146. The van der Waals surface area contributed by atoms with E-state index >= 15 is 0 Å². The van der Waals surface area contributed by atoms with Gasteiger partial charge in [0.2, 0.25) is 17.7 Å². The molecule has 0 bridgehead atoms. The first-order chi connectivity index (χ1) is 19.5. The molecule has 224 valence electrons. The average molecular weight is 571 g/mol. The molecule has 0 aliphatic carbocycles. The number of fused-ring (bicyclic) bond motifs is 1. The summed E-state index contributed by atoms with van der Waals surface area (Å²) in [5.74, 6) is -2.96. The minimum Gasteiger partial charge on any atom is -0.480 e. The maximum absolute atomic E-state index is 13.7. The number of aliphatic carboxylic acids is 1. The Hall–Kier alpha value is -4.13. The number of carbonyl (C=O) groups is 4. The lowest BCUT2D eigenvalue weighted by Crippen LogP contribution is -2.57. The first kappa shape index (κ1) is 31.4. The third-order valence-corrected chi connectivity index (χ3v) is 7.63. The van der Waals surface area contributed by atoms with Crippen molar-refractivity contribution < 1.29 is 24.3 Å². The number of hydrogen-bond donors (Lipinski definition) is 7. The summed E-state index contributed by atoms with van der Waals surface area (Å²) in [5.41, 5.74) is 18.9. The molecule has 1 aromatic carbocycles. The highest BCUT2D eigenvalue weighted by Gasteiger charge is 2.39. The molecule has 1 saturated heterocycles. The Kier molecular flexibility index (Phi) is 11.1. The number of aromatic nitrogens is 1. The lowest BCUT2D eigenvalue weighted by Gasteiger charge is -2.30. The second kappa shape index (κ2) is 14.5. The fourth-order valence-electron chi connectivity index (χ4n) is 5.11. The predicted molar refractivity (Wildman–Crippen MR) is 156 cm³/mol. The van der Waals surface area contributed by atoms with Gasteiger partial charge < -0.3 is 42.8 Å². The molecule has 3 rings (SSSR count). The Labute approximate surface area is 239 Å². The van der Waals surface area contributed by atoms with Crippen molar-refractivity contribution in [2.45, 2.75) is 76.5 Å². The van der Waals surface area contributed by atoms with E-state index in [2.05, 4.69) is 20.6 Å². The molecule has 0 spiro atoms. The number of rotatable bonds is 14. The van der Waals surface area contributed by atoms with Crippen molar-refractivity contribution in [2.24, 2.45) is 28.1 Å². The van der Waals surface area contributed by atoms with E-state index in [0.29, 0.717) is 32.2 Å². The molecular weight excluding hydrogens is 528 g/mol. The molecule has 1 aliphatic rings. The van der Waals surface area contributed by atoms with Crippen LogP contribution in [0.1, 0.15) is 51.5 Å². The fourth-order valence-corrected chi connectivity index (χ4v) is 5.11. The summed E-state index contributed by atoms with van der Waals surface area (Å²) < 4.78 is 0. The summed E-state index contributed by atoms with van der Waals surface area (Å²) >= 11 is 0. The van der Waals surface area contributed by atoms with Crippen LogP contribution in [-0.4, -0.2) is 81.9 Å². The van der Waals surface area contributed by atoms with Gasteiger partial charge in [-0.05, 0) is 49.7 Å². The smallest absolute Gasteiger partial charge is 0.326 e. The van der Waals surface area contributed by atoms with Crippen molar-refractivity contribution in [3.8, 4) is 0 Å². The van der Waals surface area contributed by atoms with Crippen molar-refractivity contribution in [3.05, 3.63) is 36.0 Å². The van der Waals surface area contributed by atoms with Crippen molar-refractivity contribution in [3.63, 3.8) is 0 Å². The number of para-hydroxylation sites is 1. The number of guanidine groups is 1. The first-order valence-corrected chi connectivity index (χ1v) is 14.0. The maximum atomic E-state index is 13.7. The number of nitrogens with zero attached hydrogens (tertiary/aromatic N) is 2. The van der Waals surface area contributed by atoms with E-state index in [0.717, 1.165) is 16.5 Å². The van der Waals surface area contributed by atoms with E-state index < -0.39 is 47.9 Å². The quantitative estimate of drug-likeness (QED) is 0.0940. The highest BCUT2D eigenvalue weighted by Crippen LogP contribution is 2.22. The second-order valence-electron chi connectivity index (χ2n) is 10.6. The van der Waals surface area contributed by atoms with Crippen LogP contribution in [0.3, 0.4) is 0 Å². The molecule has 13 nitrogen and oxygen atoms in total. The Balaban J connectivity index is 1.73. The maximum Gasteiger partial charge on any atom is 0.326 e. The summed E-state index contributed by atoms with van der Waals surface area (Å²) in [6.45, 7) is 4.15. The van der Waals surface area contributed by atoms with Crippen LogP contribution in [0.15, 0.2) is 35.5 Å². The molecule has 13 heteroatoms. The van der Waals surface area contributed by atoms with Crippen LogP contribution in [0.5, 0.6) is 0 Å². The van der Waals surface area contributed by atoms with Gasteiger partial charge in [-0.3, -0.25) is 19.4 Å². The van der Waals surface area contributed by atoms with Crippen molar-refractivity contribution in [1.82, 2.24) is 20.5 Å². The molecular formula is C28H42N8O5. The minimum absolute atomic E-state index is 0.0803. The number of carboxylic acids is 1. The van der Waals surface area contributed by atoms with Crippen LogP contribution >= 0.6 is 0 Å². The monoisotopic (exact) mass is 570 g/mol. The van der Waals surface area contributed by atoms with Gasteiger partial charge in [0, 0.05) is 30.2 Å². The number of aliphatic imine (C=N–C) groups is 1. The van der Waals surface area contributed by atoms with E-state index in [1.54, 1.807) is 6.92 Å². The molecule has 41 heavy (non-hydrogen) atoms. The highest BCUT2D eigenvalue weighted by molar-refractivity contribution is 5.95. The van der Waals surface area contributed by atoms with Crippen LogP contribution in [0.2, 0.25) is 0 Å². The zero-order valence-electron chi connectivity index (χ0n) is 23.6. The van der Waals surface area contributed by atoms with Crippen LogP contribution < -0.4 is 27.8 Å². The van der Waals surface area contributed by atoms with Gasteiger partial charge in [-0.15, -0.1) is 0 Å². The van der Waals surface area contributed by atoms with E-state index in [1.165, 1.54) is 4.90 Å². The van der Waals surface area contributed by atoms with E-state index in [9.17, 15) is 24.3 Å². The standard InChI is InChI=1S/C28H42N8O5/c1-3-16(2)23(27(40)41)35-25(38)22-11-7-13-36(22)26(39)21(10-6-12-32-28(30)31)34-24(37)19(29)14-17-15-33-20-9-5-4-8-18(17)20/h4-5,8-9,15-16,19,21-23,33H,3,6-7,10-14,29H2,1-2H3,(H,34,37)(H,35,38)(H,40,41)(H4,30,31,32). The van der Waals surface area contributed by atoms with Gasteiger partial charge in [0.05, 0.1) is 6.04 Å². The summed E-state index contributed by atoms with van der Waals surface area (Å²) in [4.78, 5) is 60.4. The van der Waals surface area contributed by atoms with Gasteiger partial charge in [-0.25, -0.2) is 4.79 Å². The van der Waals surface area contributed by atoms with Gasteiger partial charge in [0.25, 0.3) is 0 Å². The number of likely N-dealkylation sites (tertiary alicyclic amines) is 1. The molecule has 1 aliphatic heterocycles. The number of amides is 3. The zero-order chi connectivity index (χ0) is 30.1. The molecule has 1 aromatic heterocycles. The summed E-state index contributed by atoms with van der Waals surface area (Å²) in [5, 5.41) is 16.0. The molecule has 2 heterocycles. The van der Waals surface area contributed by atoms with Crippen LogP contribution in [0.25, 0.3) is 10.9 Å². The molecule has 0 radical (unpaired) electrons. The van der Waals surface area contributed by atoms with Gasteiger partial charge in [0.1, 0.15) is 18.1 Å². The van der Waals surface area contributed by atoms with Crippen molar-refractivity contribution in [2.75, 3.05) is 13.1 Å². The summed E-state index contributed by atoms with van der Waals surface area (Å²) in [6.07, 6.45) is 4.20. The SMILES string of the molecule is CCC(C)C(NC(=O)C1CCCN1C(=O)C(CCCN=C(N)N)NC(=O)C(N)Cc1c[nH]c2ccccc12)C(=O)O. The topological polar surface area (TPSA) is 222 Å².